The van der Waals surface area contributed by atoms with Gasteiger partial charge in [-0.3, -0.25) is 4.99 Å². The third-order valence-corrected chi connectivity index (χ3v) is 5.76. The van der Waals surface area contributed by atoms with Gasteiger partial charge in [-0.25, -0.2) is 8.42 Å². The van der Waals surface area contributed by atoms with Gasteiger partial charge in [0.15, 0.2) is 15.8 Å². The zero-order valence-corrected chi connectivity index (χ0v) is 17.6. The molecule has 1 N–H and O–H groups in total. The minimum atomic E-state index is -2.81. The standard InChI is InChI=1S/C16H31N3O2S.HI/c1-4-6-7-8-9-11-19(3)16(17-5-2)18-13-15-10-12-22(20,21)14-15;/h4,15H,1,5-14H2,2-3H3,(H,17,18);1H. The second-order valence-electron chi connectivity index (χ2n) is 6.02. The van der Waals surface area contributed by atoms with E-state index in [1.165, 1.54) is 12.8 Å². The SMILES string of the molecule is C=CCCCCCN(C)C(=NCC1CCS(=O)(=O)C1)NCC.I. The molecular weight excluding hydrogens is 425 g/mol. The van der Waals surface area contributed by atoms with Crippen molar-refractivity contribution >= 4 is 39.8 Å². The molecule has 1 aliphatic rings. The van der Waals surface area contributed by atoms with Crippen molar-refractivity contribution in [3.8, 4) is 0 Å². The largest absolute Gasteiger partial charge is 0.357 e. The third-order valence-electron chi connectivity index (χ3n) is 3.92. The van der Waals surface area contributed by atoms with Crippen LogP contribution in [0.2, 0.25) is 0 Å². The van der Waals surface area contributed by atoms with Crippen LogP contribution in [0.1, 0.15) is 39.0 Å². The fourth-order valence-corrected chi connectivity index (χ4v) is 4.47. The number of unbranched alkanes of at least 4 members (excludes halogenated alkanes) is 3. The molecule has 0 saturated carbocycles. The molecule has 0 aromatic carbocycles. The Bertz CT molecular complexity index is 466. The Morgan fingerprint density at radius 3 is 2.70 bits per heavy atom. The number of hydrogen-bond donors (Lipinski definition) is 1. The van der Waals surface area contributed by atoms with E-state index in [0.29, 0.717) is 18.1 Å². The van der Waals surface area contributed by atoms with Gasteiger partial charge in [-0.2, -0.15) is 0 Å². The Morgan fingerprint density at radius 1 is 1.39 bits per heavy atom. The Balaban J connectivity index is 0.00000484. The van der Waals surface area contributed by atoms with Crippen LogP contribution < -0.4 is 5.32 Å². The molecule has 7 heteroatoms. The van der Waals surface area contributed by atoms with Crippen LogP contribution in [0.4, 0.5) is 0 Å². The summed E-state index contributed by atoms with van der Waals surface area (Å²) in [4.78, 5) is 6.77. The van der Waals surface area contributed by atoms with Crippen LogP contribution in [0.5, 0.6) is 0 Å². The van der Waals surface area contributed by atoms with E-state index in [0.717, 1.165) is 38.3 Å². The van der Waals surface area contributed by atoms with Crippen molar-refractivity contribution in [2.24, 2.45) is 10.9 Å². The van der Waals surface area contributed by atoms with E-state index < -0.39 is 9.84 Å². The summed E-state index contributed by atoms with van der Waals surface area (Å²) < 4.78 is 23.0. The fourth-order valence-electron chi connectivity index (χ4n) is 2.62. The highest BCUT2D eigenvalue weighted by atomic mass is 127. The van der Waals surface area contributed by atoms with Crippen molar-refractivity contribution in [2.75, 3.05) is 38.2 Å². The Morgan fingerprint density at radius 2 is 2.13 bits per heavy atom. The van der Waals surface area contributed by atoms with Crippen LogP contribution in [0, 0.1) is 5.92 Å². The molecule has 0 amide bonds. The van der Waals surface area contributed by atoms with E-state index >= 15 is 0 Å². The number of sulfone groups is 1. The topological polar surface area (TPSA) is 61.8 Å². The van der Waals surface area contributed by atoms with Crippen molar-refractivity contribution in [1.82, 2.24) is 10.2 Å². The first kappa shape index (κ1) is 22.7. The van der Waals surface area contributed by atoms with E-state index in [1.54, 1.807) is 0 Å². The number of aliphatic imine (C=N–C) groups is 1. The highest BCUT2D eigenvalue weighted by Gasteiger charge is 2.27. The number of halogens is 1. The number of guanidine groups is 1. The van der Waals surface area contributed by atoms with Gasteiger partial charge in [0.05, 0.1) is 11.5 Å². The molecule has 5 nitrogen and oxygen atoms in total. The fraction of sp³-hybridized carbons (Fsp3) is 0.812. The van der Waals surface area contributed by atoms with Crippen LogP contribution in [0.15, 0.2) is 17.6 Å². The molecule has 0 aromatic heterocycles. The minimum absolute atomic E-state index is 0. The van der Waals surface area contributed by atoms with Crippen molar-refractivity contribution < 1.29 is 8.42 Å². The second-order valence-corrected chi connectivity index (χ2v) is 8.25. The first-order valence-corrected chi connectivity index (χ1v) is 10.1. The number of allylic oxidation sites excluding steroid dienone is 1. The number of hydrogen-bond acceptors (Lipinski definition) is 3. The first-order chi connectivity index (χ1) is 10.5. The van der Waals surface area contributed by atoms with Gasteiger partial charge in [-0.15, -0.1) is 30.6 Å². The summed E-state index contributed by atoms with van der Waals surface area (Å²) in [6.45, 7) is 8.17. The lowest BCUT2D eigenvalue weighted by Crippen LogP contribution is -2.39. The molecule has 0 aliphatic carbocycles. The van der Waals surface area contributed by atoms with Gasteiger partial charge < -0.3 is 10.2 Å². The van der Waals surface area contributed by atoms with Crippen LogP contribution in [-0.4, -0.2) is 57.5 Å². The highest BCUT2D eigenvalue weighted by Crippen LogP contribution is 2.18. The lowest BCUT2D eigenvalue weighted by Gasteiger charge is -2.22. The zero-order valence-electron chi connectivity index (χ0n) is 14.5. The smallest absolute Gasteiger partial charge is 0.193 e. The van der Waals surface area contributed by atoms with Crippen LogP contribution in [-0.2, 0) is 9.84 Å². The number of rotatable bonds is 9. The molecule has 0 aromatic rings. The Labute approximate surface area is 158 Å². The van der Waals surface area contributed by atoms with Gasteiger partial charge in [0.2, 0.25) is 0 Å². The molecule has 1 saturated heterocycles. The summed E-state index contributed by atoms with van der Waals surface area (Å²) in [5.74, 6) is 1.68. The summed E-state index contributed by atoms with van der Waals surface area (Å²) in [6.07, 6.45) is 7.30. The first-order valence-electron chi connectivity index (χ1n) is 8.29. The van der Waals surface area contributed by atoms with Crippen LogP contribution in [0.3, 0.4) is 0 Å². The molecule has 0 bridgehead atoms. The summed E-state index contributed by atoms with van der Waals surface area (Å²) >= 11 is 0. The van der Waals surface area contributed by atoms with E-state index in [4.69, 9.17) is 0 Å². The van der Waals surface area contributed by atoms with Gasteiger partial charge in [0.1, 0.15) is 0 Å². The maximum atomic E-state index is 11.5. The monoisotopic (exact) mass is 457 g/mol. The van der Waals surface area contributed by atoms with Gasteiger partial charge >= 0.3 is 0 Å². The molecule has 1 aliphatic heterocycles. The normalized spacial score (nSPS) is 19.9. The average molecular weight is 457 g/mol. The molecule has 1 unspecified atom stereocenters. The molecule has 23 heavy (non-hydrogen) atoms. The maximum absolute atomic E-state index is 11.5. The molecule has 1 heterocycles. The maximum Gasteiger partial charge on any atom is 0.193 e. The molecule has 1 fully saturated rings. The molecule has 0 radical (unpaired) electrons. The van der Waals surface area contributed by atoms with E-state index in [-0.39, 0.29) is 29.9 Å². The van der Waals surface area contributed by atoms with Crippen molar-refractivity contribution in [2.45, 2.75) is 39.0 Å². The zero-order chi connectivity index (χ0) is 16.4. The molecule has 1 rings (SSSR count). The predicted molar refractivity (Wildman–Crippen MR) is 109 cm³/mol. The summed E-state index contributed by atoms with van der Waals surface area (Å²) in [5.41, 5.74) is 0. The van der Waals surface area contributed by atoms with Crippen molar-refractivity contribution in [3.05, 3.63) is 12.7 Å². The highest BCUT2D eigenvalue weighted by molar-refractivity contribution is 14.0. The Hall–Kier alpha value is -0.310. The molecule has 136 valence electrons. The van der Waals surface area contributed by atoms with E-state index in [1.807, 2.05) is 20.0 Å². The number of nitrogens with one attached hydrogen (secondary N) is 1. The molecule has 0 spiro atoms. The van der Waals surface area contributed by atoms with Gasteiger partial charge in [-0.05, 0) is 38.5 Å². The molecule has 1 atom stereocenters. The lowest BCUT2D eigenvalue weighted by molar-refractivity contribution is 0.452. The second kappa shape index (κ2) is 12.1. The number of nitrogens with zero attached hydrogens (tertiary/aromatic N) is 2. The summed E-state index contributed by atoms with van der Waals surface area (Å²) in [5, 5.41) is 3.29. The van der Waals surface area contributed by atoms with Gasteiger partial charge in [-0.1, -0.05) is 12.5 Å². The molecular formula is C16H32IN3O2S. The van der Waals surface area contributed by atoms with Gasteiger partial charge in [0, 0.05) is 26.7 Å². The summed E-state index contributed by atoms with van der Waals surface area (Å²) in [6, 6.07) is 0. The van der Waals surface area contributed by atoms with Crippen molar-refractivity contribution in [3.63, 3.8) is 0 Å². The lowest BCUT2D eigenvalue weighted by atomic mass is 10.1. The van der Waals surface area contributed by atoms with E-state index in [9.17, 15) is 8.42 Å². The average Bonchev–Trinajstić information content (AvgIpc) is 2.82. The predicted octanol–water partition coefficient (Wildman–Crippen LogP) is 2.68. The minimum Gasteiger partial charge on any atom is -0.357 e. The Kier molecular flexibility index (Phi) is 11.9. The quantitative estimate of drug-likeness (QED) is 0.190. The van der Waals surface area contributed by atoms with Crippen molar-refractivity contribution in [1.29, 1.82) is 0 Å². The third kappa shape index (κ3) is 9.54. The van der Waals surface area contributed by atoms with E-state index in [2.05, 4.69) is 21.8 Å². The summed E-state index contributed by atoms with van der Waals surface area (Å²) in [7, 11) is -0.768. The van der Waals surface area contributed by atoms with Crippen LogP contribution >= 0.6 is 24.0 Å². The van der Waals surface area contributed by atoms with Crippen LogP contribution in [0.25, 0.3) is 0 Å². The van der Waals surface area contributed by atoms with Gasteiger partial charge in [0.25, 0.3) is 0 Å².